The third kappa shape index (κ3) is 5.30. The van der Waals surface area contributed by atoms with E-state index in [-0.39, 0.29) is 0 Å². The average molecular weight is 447 g/mol. The molecule has 6 heteroatoms. The van der Waals surface area contributed by atoms with Crippen molar-refractivity contribution in [2.75, 3.05) is 44.2 Å². The number of aliphatic hydroxyl groups is 1. The van der Waals surface area contributed by atoms with E-state index in [9.17, 15) is 5.11 Å². The van der Waals surface area contributed by atoms with Gasteiger partial charge in [-0.1, -0.05) is 41.4 Å². The van der Waals surface area contributed by atoms with Gasteiger partial charge in [0.15, 0.2) is 0 Å². The van der Waals surface area contributed by atoms with E-state index in [4.69, 9.17) is 27.9 Å². The number of hydrogen-bond donors (Lipinski definition) is 1. The van der Waals surface area contributed by atoms with Gasteiger partial charge in [-0.3, -0.25) is 4.90 Å². The molecule has 160 valence electrons. The molecule has 2 aromatic carbocycles. The maximum Gasteiger partial charge on any atom is 0.119 e. The summed E-state index contributed by atoms with van der Waals surface area (Å²) < 4.78 is 5.88. The van der Waals surface area contributed by atoms with Gasteiger partial charge in [-0.05, 0) is 60.7 Å². The molecule has 1 atom stereocenters. The van der Waals surface area contributed by atoms with Crippen LogP contribution >= 0.6 is 23.2 Å². The summed E-state index contributed by atoms with van der Waals surface area (Å²) in [4.78, 5) is 4.57. The van der Waals surface area contributed by atoms with E-state index >= 15 is 0 Å². The van der Waals surface area contributed by atoms with E-state index in [1.165, 1.54) is 16.7 Å². The summed E-state index contributed by atoms with van der Waals surface area (Å²) in [7, 11) is 0. The Morgan fingerprint density at radius 2 is 1.77 bits per heavy atom. The lowest BCUT2D eigenvalue weighted by Crippen LogP contribution is -2.49. The van der Waals surface area contributed by atoms with Gasteiger partial charge in [0.1, 0.15) is 18.5 Å². The van der Waals surface area contributed by atoms with Crippen molar-refractivity contribution in [3.8, 4) is 5.75 Å². The predicted octanol–water partition coefficient (Wildman–Crippen LogP) is 4.60. The minimum absolute atomic E-state index is 0.298. The van der Waals surface area contributed by atoms with Crippen LogP contribution in [0.25, 0.3) is 0 Å². The van der Waals surface area contributed by atoms with Crippen LogP contribution in [-0.2, 0) is 12.8 Å². The van der Waals surface area contributed by atoms with Crippen molar-refractivity contribution in [2.24, 2.45) is 0 Å². The molecule has 0 aromatic heterocycles. The van der Waals surface area contributed by atoms with E-state index in [1.54, 1.807) is 0 Å². The maximum atomic E-state index is 10.5. The molecule has 0 saturated carbocycles. The van der Waals surface area contributed by atoms with Crippen LogP contribution in [0.15, 0.2) is 48.6 Å². The number of piperazine rings is 1. The Kier molecular flexibility index (Phi) is 6.89. The van der Waals surface area contributed by atoms with Gasteiger partial charge in [-0.15, -0.1) is 0 Å². The minimum Gasteiger partial charge on any atom is -0.491 e. The highest BCUT2D eigenvalue weighted by atomic mass is 35.5. The zero-order valence-electron chi connectivity index (χ0n) is 17.1. The molecule has 0 amide bonds. The fourth-order valence-corrected chi connectivity index (χ4v) is 4.48. The largest absolute Gasteiger partial charge is 0.491 e. The highest BCUT2D eigenvalue weighted by Gasteiger charge is 2.20. The summed E-state index contributed by atoms with van der Waals surface area (Å²) in [5.41, 5.74) is 5.05. The van der Waals surface area contributed by atoms with Crippen molar-refractivity contribution in [1.29, 1.82) is 0 Å². The summed E-state index contributed by atoms with van der Waals surface area (Å²) in [5, 5.41) is 11.6. The van der Waals surface area contributed by atoms with Gasteiger partial charge >= 0.3 is 0 Å². The van der Waals surface area contributed by atoms with Crippen molar-refractivity contribution in [1.82, 2.24) is 4.90 Å². The molecular weight excluding hydrogens is 419 g/mol. The third-order valence-corrected chi connectivity index (χ3v) is 6.66. The lowest BCUT2D eigenvalue weighted by molar-refractivity contribution is 0.0663. The number of rotatable bonds is 6. The molecule has 0 radical (unpaired) electrons. The summed E-state index contributed by atoms with van der Waals surface area (Å²) in [6, 6.07) is 12.0. The Morgan fingerprint density at radius 3 is 2.53 bits per heavy atom. The van der Waals surface area contributed by atoms with Crippen molar-refractivity contribution < 1.29 is 9.84 Å². The first-order valence-electron chi connectivity index (χ1n) is 10.5. The van der Waals surface area contributed by atoms with Crippen LogP contribution in [-0.4, -0.2) is 55.4 Å². The van der Waals surface area contributed by atoms with Crippen molar-refractivity contribution >= 4 is 28.9 Å². The molecule has 2 aliphatic rings. The number of fused-ring (bicyclic) bond motifs is 1. The van der Waals surface area contributed by atoms with E-state index in [1.807, 2.05) is 24.3 Å². The molecular formula is C24H28Cl2N2O2. The highest BCUT2D eigenvalue weighted by molar-refractivity contribution is 6.42. The van der Waals surface area contributed by atoms with Crippen LogP contribution in [0.1, 0.15) is 17.5 Å². The first kappa shape index (κ1) is 21.5. The monoisotopic (exact) mass is 446 g/mol. The molecule has 0 spiro atoms. The summed E-state index contributed by atoms with van der Waals surface area (Å²) in [5.74, 6) is 0.826. The number of benzene rings is 2. The van der Waals surface area contributed by atoms with Crippen molar-refractivity contribution in [2.45, 2.75) is 25.4 Å². The van der Waals surface area contributed by atoms with Gasteiger partial charge < -0.3 is 14.7 Å². The van der Waals surface area contributed by atoms with Crippen LogP contribution in [0.5, 0.6) is 5.75 Å². The lowest BCUT2D eigenvalue weighted by Gasteiger charge is -2.37. The van der Waals surface area contributed by atoms with Crippen LogP contribution in [0.2, 0.25) is 10.0 Å². The molecule has 1 fully saturated rings. The third-order valence-electron chi connectivity index (χ3n) is 5.92. The normalized spacial score (nSPS) is 18.2. The molecule has 1 heterocycles. The smallest absolute Gasteiger partial charge is 0.119 e. The van der Waals surface area contributed by atoms with Gasteiger partial charge in [-0.25, -0.2) is 0 Å². The lowest BCUT2D eigenvalue weighted by atomic mass is 9.89. The zero-order chi connectivity index (χ0) is 21.1. The number of β-amino-alcohol motifs (C(OH)–C–C–N with tert-alkyl or cyclic N) is 1. The molecule has 4 nitrogen and oxygen atoms in total. The van der Waals surface area contributed by atoms with Crippen LogP contribution in [0, 0.1) is 0 Å². The first-order chi connectivity index (χ1) is 14.5. The number of aryl methyl sites for hydroxylation is 1. The Hall–Kier alpha value is -1.72. The van der Waals surface area contributed by atoms with Gasteiger partial charge in [0, 0.05) is 38.4 Å². The second kappa shape index (κ2) is 9.61. The summed E-state index contributed by atoms with van der Waals surface area (Å²) >= 11 is 12.2. The number of anilines is 1. The number of hydrogen-bond acceptors (Lipinski definition) is 4. The molecule has 2 aromatic rings. The fourth-order valence-electron chi connectivity index (χ4n) is 4.18. The maximum absolute atomic E-state index is 10.5. The average Bonchev–Trinajstić information content (AvgIpc) is 2.74. The summed E-state index contributed by atoms with van der Waals surface area (Å²) in [6.45, 7) is 8.57. The Morgan fingerprint density at radius 1 is 0.967 bits per heavy atom. The van der Waals surface area contributed by atoms with Crippen LogP contribution in [0.4, 0.5) is 5.69 Å². The Balaban J connectivity index is 1.23. The van der Waals surface area contributed by atoms with Gasteiger partial charge in [0.2, 0.25) is 0 Å². The molecule has 4 rings (SSSR count). The number of allylic oxidation sites excluding steroid dienone is 1. The molecule has 1 saturated heterocycles. The molecule has 1 aliphatic heterocycles. The van der Waals surface area contributed by atoms with E-state index in [0.717, 1.165) is 56.9 Å². The molecule has 0 bridgehead atoms. The standard InChI is InChI=1S/C24H28Cl2N2O2/c1-17-2-3-18-4-6-22(13-19(18)12-17)30-16-21(29)15-27-8-10-28(11-9-27)20-5-7-23(25)24(26)14-20/h4-7,13-14,21,29H,1-3,8-12,15-16H2/t21-/m0/s1. The zero-order valence-corrected chi connectivity index (χ0v) is 18.6. The number of ether oxygens (including phenoxy) is 1. The van der Waals surface area contributed by atoms with E-state index in [2.05, 4.69) is 28.5 Å². The van der Waals surface area contributed by atoms with Crippen LogP contribution in [0.3, 0.4) is 0 Å². The minimum atomic E-state index is -0.521. The SMILES string of the molecule is C=C1CCc2ccc(OC[C@@H](O)CN3CCN(c4ccc(Cl)c(Cl)c4)CC3)cc2C1. The second-order valence-electron chi connectivity index (χ2n) is 8.21. The Labute approximate surface area is 188 Å². The van der Waals surface area contributed by atoms with Crippen molar-refractivity contribution in [3.05, 3.63) is 69.7 Å². The highest BCUT2D eigenvalue weighted by Crippen LogP contribution is 2.29. The van der Waals surface area contributed by atoms with Gasteiger partial charge in [0.25, 0.3) is 0 Å². The van der Waals surface area contributed by atoms with Gasteiger partial charge in [-0.2, -0.15) is 0 Å². The van der Waals surface area contributed by atoms with E-state index in [0.29, 0.717) is 23.2 Å². The number of halogens is 2. The van der Waals surface area contributed by atoms with E-state index < -0.39 is 6.10 Å². The van der Waals surface area contributed by atoms with Crippen LogP contribution < -0.4 is 9.64 Å². The number of nitrogens with zero attached hydrogens (tertiary/aromatic N) is 2. The number of aliphatic hydroxyl groups excluding tert-OH is 1. The topological polar surface area (TPSA) is 35.9 Å². The Bertz CT molecular complexity index is 910. The second-order valence-corrected chi connectivity index (χ2v) is 9.02. The predicted molar refractivity (Wildman–Crippen MR) is 124 cm³/mol. The quantitative estimate of drug-likeness (QED) is 0.657. The molecule has 30 heavy (non-hydrogen) atoms. The van der Waals surface area contributed by atoms with Gasteiger partial charge in [0.05, 0.1) is 10.0 Å². The first-order valence-corrected chi connectivity index (χ1v) is 11.2. The summed E-state index contributed by atoms with van der Waals surface area (Å²) in [6.07, 6.45) is 2.54. The molecule has 1 aliphatic carbocycles. The van der Waals surface area contributed by atoms with Crippen molar-refractivity contribution in [3.63, 3.8) is 0 Å². The fraction of sp³-hybridized carbons (Fsp3) is 0.417. The molecule has 0 unspecified atom stereocenters. The molecule has 1 N–H and O–H groups in total.